The van der Waals surface area contributed by atoms with Crippen molar-refractivity contribution in [2.45, 2.75) is 51.9 Å². The third-order valence-corrected chi connectivity index (χ3v) is 3.37. The second kappa shape index (κ2) is 11.7. The molecule has 120 valence electrons. The monoisotopic (exact) mass is 302 g/mol. The third-order valence-electron chi connectivity index (χ3n) is 3.37. The molecule has 1 rings (SSSR count). The van der Waals surface area contributed by atoms with Crippen molar-refractivity contribution in [1.29, 1.82) is 0 Å². The van der Waals surface area contributed by atoms with Gasteiger partial charge in [-0.15, -0.1) is 0 Å². The van der Waals surface area contributed by atoms with E-state index in [4.69, 9.17) is 4.74 Å². The lowest BCUT2D eigenvalue weighted by Gasteiger charge is -2.03. The van der Waals surface area contributed by atoms with Gasteiger partial charge in [0.05, 0.1) is 0 Å². The number of benzene rings is 1. The van der Waals surface area contributed by atoms with Crippen LogP contribution < -0.4 is 0 Å². The van der Waals surface area contributed by atoms with Crippen molar-refractivity contribution in [3.8, 4) is 0 Å². The number of carbonyl (C=O) groups is 2. The molecule has 0 aliphatic carbocycles. The molecule has 0 amide bonds. The Morgan fingerprint density at radius 3 is 2.45 bits per heavy atom. The Labute approximate surface area is 133 Å². The summed E-state index contributed by atoms with van der Waals surface area (Å²) >= 11 is 0. The molecule has 0 saturated heterocycles. The Morgan fingerprint density at radius 2 is 1.73 bits per heavy atom. The Balaban J connectivity index is 2.09. The van der Waals surface area contributed by atoms with E-state index in [-0.39, 0.29) is 18.4 Å². The number of esters is 1. The Hall–Kier alpha value is -1.90. The van der Waals surface area contributed by atoms with Crippen molar-refractivity contribution in [2.24, 2.45) is 0 Å². The number of carbonyl (C=O) groups excluding carboxylic acids is 2. The van der Waals surface area contributed by atoms with Crippen LogP contribution in [0.15, 0.2) is 42.5 Å². The highest BCUT2D eigenvalue weighted by Gasteiger charge is 2.08. The van der Waals surface area contributed by atoms with E-state index in [2.05, 4.69) is 13.0 Å². The number of ether oxygens (including phenoxy) is 1. The van der Waals surface area contributed by atoms with E-state index in [1.807, 2.05) is 12.1 Å². The molecule has 1 aromatic rings. The van der Waals surface area contributed by atoms with Crippen LogP contribution in [-0.2, 0) is 9.53 Å². The summed E-state index contributed by atoms with van der Waals surface area (Å²) in [6, 6.07) is 8.87. The first-order valence-electron chi connectivity index (χ1n) is 8.13. The van der Waals surface area contributed by atoms with Crippen LogP contribution in [0, 0.1) is 0 Å². The zero-order valence-electron chi connectivity index (χ0n) is 13.4. The zero-order chi connectivity index (χ0) is 16.0. The van der Waals surface area contributed by atoms with Crippen molar-refractivity contribution in [1.82, 2.24) is 0 Å². The molecule has 0 N–H and O–H groups in total. The number of allylic oxidation sites excluding steroid dienone is 2. The molecular weight excluding hydrogens is 276 g/mol. The van der Waals surface area contributed by atoms with Gasteiger partial charge < -0.3 is 4.74 Å². The van der Waals surface area contributed by atoms with E-state index in [0.29, 0.717) is 18.4 Å². The van der Waals surface area contributed by atoms with Gasteiger partial charge in [-0.3, -0.25) is 9.59 Å². The Bertz CT molecular complexity index is 463. The summed E-state index contributed by atoms with van der Waals surface area (Å²) in [6.45, 7) is 2.02. The van der Waals surface area contributed by atoms with Gasteiger partial charge in [0, 0.05) is 12.0 Å². The highest BCUT2D eigenvalue weighted by Crippen LogP contribution is 2.05. The number of Topliss-reactive ketones (excluding diaryl/α,β-unsaturated/α-hetero) is 1. The maximum absolute atomic E-state index is 11.8. The SMILES string of the molecule is CCCCCCC=CCCC(=O)OCC(=O)c1ccccc1. The first-order chi connectivity index (χ1) is 10.7. The molecule has 0 aliphatic heterocycles. The number of hydrogen-bond acceptors (Lipinski definition) is 3. The summed E-state index contributed by atoms with van der Waals surface area (Å²) in [7, 11) is 0. The molecule has 0 bridgehead atoms. The second-order valence-electron chi connectivity index (χ2n) is 5.31. The summed E-state index contributed by atoms with van der Waals surface area (Å²) in [6.07, 6.45) is 11.2. The third kappa shape index (κ3) is 8.40. The smallest absolute Gasteiger partial charge is 0.306 e. The van der Waals surface area contributed by atoms with Gasteiger partial charge in [0.1, 0.15) is 0 Å². The van der Waals surface area contributed by atoms with E-state index in [9.17, 15) is 9.59 Å². The standard InChI is InChI=1S/C19H26O3/c1-2-3-4-5-6-7-8-12-15-19(21)22-16-18(20)17-13-10-9-11-14-17/h7-11,13-14H,2-6,12,15-16H2,1H3. The molecule has 1 aromatic carbocycles. The first kappa shape index (κ1) is 18.1. The van der Waals surface area contributed by atoms with Crippen molar-refractivity contribution < 1.29 is 14.3 Å². The van der Waals surface area contributed by atoms with Gasteiger partial charge in [0.25, 0.3) is 0 Å². The Morgan fingerprint density at radius 1 is 1.00 bits per heavy atom. The highest BCUT2D eigenvalue weighted by atomic mass is 16.5. The molecule has 0 unspecified atom stereocenters. The second-order valence-corrected chi connectivity index (χ2v) is 5.31. The molecule has 0 atom stereocenters. The van der Waals surface area contributed by atoms with Crippen LogP contribution in [0.4, 0.5) is 0 Å². The molecular formula is C19H26O3. The van der Waals surface area contributed by atoms with Crippen LogP contribution in [0.1, 0.15) is 62.2 Å². The molecule has 0 radical (unpaired) electrons. The molecule has 0 heterocycles. The predicted molar refractivity (Wildman–Crippen MR) is 88.9 cm³/mol. The summed E-state index contributed by atoms with van der Waals surface area (Å²) in [5.41, 5.74) is 0.572. The highest BCUT2D eigenvalue weighted by molar-refractivity contribution is 5.97. The fourth-order valence-corrected chi connectivity index (χ4v) is 2.05. The quantitative estimate of drug-likeness (QED) is 0.257. The lowest BCUT2D eigenvalue weighted by atomic mass is 10.1. The fourth-order valence-electron chi connectivity index (χ4n) is 2.05. The molecule has 0 fully saturated rings. The minimum Gasteiger partial charge on any atom is -0.457 e. The van der Waals surface area contributed by atoms with E-state index in [1.165, 1.54) is 25.7 Å². The van der Waals surface area contributed by atoms with E-state index >= 15 is 0 Å². The predicted octanol–water partition coefficient (Wildman–Crippen LogP) is 4.72. The molecule has 0 aliphatic rings. The van der Waals surface area contributed by atoms with Crippen LogP contribution in [-0.4, -0.2) is 18.4 Å². The maximum atomic E-state index is 11.8. The van der Waals surface area contributed by atoms with E-state index in [1.54, 1.807) is 24.3 Å². The van der Waals surface area contributed by atoms with Crippen molar-refractivity contribution >= 4 is 11.8 Å². The summed E-state index contributed by atoms with van der Waals surface area (Å²) in [5, 5.41) is 0. The fraction of sp³-hybridized carbons (Fsp3) is 0.474. The van der Waals surface area contributed by atoms with Crippen molar-refractivity contribution in [3.05, 3.63) is 48.0 Å². The summed E-state index contributed by atoms with van der Waals surface area (Å²) in [5.74, 6) is -0.486. The van der Waals surface area contributed by atoms with Crippen molar-refractivity contribution in [2.75, 3.05) is 6.61 Å². The van der Waals surface area contributed by atoms with Crippen LogP contribution in [0.25, 0.3) is 0 Å². The van der Waals surface area contributed by atoms with Gasteiger partial charge >= 0.3 is 5.97 Å². The molecule has 0 aromatic heterocycles. The molecule has 3 heteroatoms. The topological polar surface area (TPSA) is 43.4 Å². The lowest BCUT2D eigenvalue weighted by Crippen LogP contribution is -2.13. The average molecular weight is 302 g/mol. The number of unbranched alkanes of at least 4 members (excludes halogenated alkanes) is 4. The largest absolute Gasteiger partial charge is 0.457 e. The van der Waals surface area contributed by atoms with Gasteiger partial charge in [0.15, 0.2) is 12.4 Å². The van der Waals surface area contributed by atoms with Crippen LogP contribution >= 0.6 is 0 Å². The van der Waals surface area contributed by atoms with Gasteiger partial charge in [-0.05, 0) is 19.3 Å². The number of hydrogen-bond donors (Lipinski definition) is 0. The molecule has 0 spiro atoms. The minimum atomic E-state index is -0.320. The average Bonchev–Trinajstić information content (AvgIpc) is 2.56. The minimum absolute atomic E-state index is 0.166. The van der Waals surface area contributed by atoms with Gasteiger partial charge in [0.2, 0.25) is 0 Å². The molecule has 3 nitrogen and oxygen atoms in total. The molecule has 22 heavy (non-hydrogen) atoms. The first-order valence-corrected chi connectivity index (χ1v) is 8.13. The number of rotatable bonds is 11. The van der Waals surface area contributed by atoms with Gasteiger partial charge in [-0.25, -0.2) is 0 Å². The van der Waals surface area contributed by atoms with Crippen LogP contribution in [0.5, 0.6) is 0 Å². The van der Waals surface area contributed by atoms with Crippen LogP contribution in [0.2, 0.25) is 0 Å². The van der Waals surface area contributed by atoms with Gasteiger partial charge in [-0.2, -0.15) is 0 Å². The van der Waals surface area contributed by atoms with E-state index in [0.717, 1.165) is 6.42 Å². The summed E-state index contributed by atoms with van der Waals surface area (Å²) < 4.78 is 5.00. The molecule has 0 saturated carbocycles. The summed E-state index contributed by atoms with van der Waals surface area (Å²) in [4.78, 5) is 23.3. The van der Waals surface area contributed by atoms with Gasteiger partial charge in [-0.1, -0.05) is 68.7 Å². The number of ketones is 1. The van der Waals surface area contributed by atoms with E-state index < -0.39 is 0 Å². The normalized spacial score (nSPS) is 10.8. The van der Waals surface area contributed by atoms with Crippen LogP contribution in [0.3, 0.4) is 0 Å². The lowest BCUT2D eigenvalue weighted by molar-refractivity contribution is -0.142. The zero-order valence-corrected chi connectivity index (χ0v) is 13.4. The Kier molecular flexibility index (Phi) is 9.67. The maximum Gasteiger partial charge on any atom is 0.306 e. The van der Waals surface area contributed by atoms with Crippen molar-refractivity contribution in [3.63, 3.8) is 0 Å².